The molecule has 0 saturated heterocycles. The predicted octanol–water partition coefficient (Wildman–Crippen LogP) is 0.852. The van der Waals surface area contributed by atoms with Gasteiger partial charge in [0.15, 0.2) is 6.33 Å². The van der Waals surface area contributed by atoms with E-state index in [0.717, 1.165) is 6.42 Å². The van der Waals surface area contributed by atoms with Crippen LogP contribution in [-0.4, -0.2) is 26.4 Å². The van der Waals surface area contributed by atoms with Gasteiger partial charge < -0.3 is 0 Å². The van der Waals surface area contributed by atoms with Gasteiger partial charge in [0, 0.05) is 6.42 Å². The van der Waals surface area contributed by atoms with E-state index in [4.69, 9.17) is 0 Å². The normalized spacial score (nSPS) is 14.8. The maximum atomic E-state index is 11.5. The van der Waals surface area contributed by atoms with Gasteiger partial charge >= 0.3 is 6.03 Å². The molecule has 0 atom stereocenters. The van der Waals surface area contributed by atoms with Gasteiger partial charge in [-0.3, -0.25) is 0 Å². The number of carbonyl (C=O) groups excluding carboxylic acids is 1. The second kappa shape index (κ2) is 2.73. The van der Waals surface area contributed by atoms with Gasteiger partial charge in [0.05, 0.1) is 18.6 Å². The Kier molecular flexibility index (Phi) is 1.59. The zero-order chi connectivity index (χ0) is 8.39. The first kappa shape index (κ1) is 6.97. The van der Waals surface area contributed by atoms with Gasteiger partial charge in [-0.25, -0.2) is 4.98 Å². The molecule has 0 saturated carbocycles. The lowest BCUT2D eigenvalue weighted by molar-refractivity contribution is -0.342. The zero-order valence-corrected chi connectivity index (χ0v) is 6.42. The Hall–Kier alpha value is -1.71. The number of imidazole rings is 1. The van der Waals surface area contributed by atoms with Gasteiger partial charge in [0.1, 0.15) is 6.20 Å². The molecule has 12 heavy (non-hydrogen) atoms. The number of amides is 1. The van der Waals surface area contributed by atoms with Crippen LogP contribution in [-0.2, 0) is 0 Å². The van der Waals surface area contributed by atoms with Crippen molar-refractivity contribution in [2.75, 3.05) is 0 Å². The first-order chi connectivity index (χ1) is 5.88. The summed E-state index contributed by atoms with van der Waals surface area (Å²) in [5.74, 6) is 0. The average molecular weight is 162 g/mol. The lowest BCUT2D eigenvalue weighted by Gasteiger charge is -1.90. The van der Waals surface area contributed by atoms with E-state index in [2.05, 4.69) is 4.98 Å². The Morgan fingerprint density at radius 1 is 1.58 bits per heavy atom. The molecule has 0 fully saturated rings. The maximum Gasteiger partial charge on any atom is 0.508 e. The molecule has 60 valence electrons. The van der Waals surface area contributed by atoms with E-state index >= 15 is 0 Å². The molecule has 1 amide bonds. The summed E-state index contributed by atoms with van der Waals surface area (Å²) in [7, 11) is 0. The summed E-state index contributed by atoms with van der Waals surface area (Å²) in [6.45, 7) is 0. The summed E-state index contributed by atoms with van der Waals surface area (Å²) in [6, 6.07) is -0.0961. The summed E-state index contributed by atoms with van der Waals surface area (Å²) in [4.78, 5) is 15.3. The maximum absolute atomic E-state index is 11.5. The Morgan fingerprint density at radius 3 is 3.08 bits per heavy atom. The quantitative estimate of drug-likeness (QED) is 0.530. The van der Waals surface area contributed by atoms with Crippen LogP contribution in [0.15, 0.2) is 31.0 Å². The second-order valence-electron chi connectivity index (χ2n) is 2.46. The minimum atomic E-state index is -0.0961. The molecule has 0 radical (unpaired) electrons. The van der Waals surface area contributed by atoms with Crippen molar-refractivity contribution in [3.8, 4) is 0 Å². The third kappa shape index (κ3) is 1.07. The molecule has 0 spiro atoms. The van der Waals surface area contributed by atoms with Gasteiger partial charge in [0.25, 0.3) is 0 Å². The van der Waals surface area contributed by atoms with Crippen LogP contribution in [0.25, 0.3) is 0 Å². The van der Waals surface area contributed by atoms with Crippen LogP contribution >= 0.6 is 0 Å². The van der Waals surface area contributed by atoms with Crippen LogP contribution in [0.3, 0.4) is 0 Å². The van der Waals surface area contributed by atoms with Gasteiger partial charge in [-0.15, -0.1) is 0 Å². The van der Waals surface area contributed by atoms with Crippen LogP contribution < -0.4 is 0 Å². The van der Waals surface area contributed by atoms with Gasteiger partial charge in [0.2, 0.25) is 0 Å². The van der Waals surface area contributed by atoms with Crippen LogP contribution in [0.1, 0.15) is 6.42 Å². The molecule has 0 bridgehead atoms. The highest BCUT2D eigenvalue weighted by Crippen LogP contribution is 1.96. The number of aromatic nitrogens is 2. The summed E-state index contributed by atoms with van der Waals surface area (Å²) >= 11 is 0. The Bertz CT molecular complexity index is 348. The van der Waals surface area contributed by atoms with E-state index in [-0.39, 0.29) is 6.03 Å². The van der Waals surface area contributed by atoms with Crippen molar-refractivity contribution in [1.82, 2.24) is 9.55 Å². The van der Waals surface area contributed by atoms with Crippen molar-refractivity contribution in [2.45, 2.75) is 6.42 Å². The SMILES string of the molecule is O=C(n1ccnc1)[N+]1=CCC=C1. The molecule has 1 aromatic heterocycles. The lowest BCUT2D eigenvalue weighted by Crippen LogP contribution is -2.19. The number of nitrogens with zero attached hydrogens (tertiary/aromatic N) is 3. The van der Waals surface area contributed by atoms with Crippen molar-refractivity contribution in [3.05, 3.63) is 31.0 Å². The van der Waals surface area contributed by atoms with Gasteiger partial charge in [-0.2, -0.15) is 13.9 Å². The highest BCUT2D eigenvalue weighted by atomic mass is 16.2. The zero-order valence-electron chi connectivity index (χ0n) is 6.42. The first-order valence-corrected chi connectivity index (χ1v) is 3.68. The molecule has 0 aliphatic carbocycles. The molecule has 1 aromatic rings. The smallest absolute Gasteiger partial charge is 0.220 e. The third-order valence-corrected chi connectivity index (χ3v) is 1.65. The molecule has 1 aliphatic rings. The van der Waals surface area contributed by atoms with E-state index in [9.17, 15) is 4.79 Å². The minimum absolute atomic E-state index is 0.0961. The third-order valence-electron chi connectivity index (χ3n) is 1.65. The van der Waals surface area contributed by atoms with Crippen LogP contribution in [0, 0.1) is 0 Å². The average Bonchev–Trinajstić information content (AvgIpc) is 2.77. The summed E-state index contributed by atoms with van der Waals surface area (Å²) in [6.07, 6.45) is 11.0. The Labute approximate surface area is 69.5 Å². The lowest BCUT2D eigenvalue weighted by atomic mass is 10.5. The van der Waals surface area contributed by atoms with Crippen molar-refractivity contribution in [1.29, 1.82) is 0 Å². The first-order valence-electron chi connectivity index (χ1n) is 3.68. The second-order valence-corrected chi connectivity index (χ2v) is 2.46. The highest BCUT2D eigenvalue weighted by Gasteiger charge is 2.17. The molecule has 0 N–H and O–H groups in total. The van der Waals surface area contributed by atoms with E-state index < -0.39 is 0 Å². The fourth-order valence-electron chi connectivity index (χ4n) is 1.06. The van der Waals surface area contributed by atoms with E-state index in [1.54, 1.807) is 23.2 Å². The standard InChI is InChI=1S/C8H8N3O/c12-8(10-4-1-2-5-10)11-6-3-9-7-11/h1,3-7H,2H2/q+1. The summed E-state index contributed by atoms with van der Waals surface area (Å²) in [5.41, 5.74) is 0. The number of hydrogen-bond acceptors (Lipinski definition) is 2. The van der Waals surface area contributed by atoms with E-state index in [1.807, 2.05) is 12.3 Å². The highest BCUT2D eigenvalue weighted by molar-refractivity contribution is 5.75. The molecular weight excluding hydrogens is 154 g/mol. The fourth-order valence-corrected chi connectivity index (χ4v) is 1.06. The molecular formula is C8H8N3O+. The largest absolute Gasteiger partial charge is 0.508 e. The number of carbonyl (C=O) groups is 1. The fraction of sp³-hybridized carbons (Fsp3) is 0.125. The van der Waals surface area contributed by atoms with Crippen LogP contribution in [0.4, 0.5) is 4.79 Å². The van der Waals surface area contributed by atoms with E-state index in [0.29, 0.717) is 0 Å². The topological polar surface area (TPSA) is 37.9 Å². The summed E-state index contributed by atoms with van der Waals surface area (Å²) < 4.78 is 2.98. The van der Waals surface area contributed by atoms with Crippen LogP contribution in [0.2, 0.25) is 0 Å². The van der Waals surface area contributed by atoms with Gasteiger partial charge in [-0.1, -0.05) is 0 Å². The van der Waals surface area contributed by atoms with Gasteiger partial charge in [-0.05, 0) is 6.08 Å². The Balaban J connectivity index is 2.26. The van der Waals surface area contributed by atoms with Crippen molar-refractivity contribution in [3.63, 3.8) is 0 Å². The molecule has 2 rings (SSSR count). The van der Waals surface area contributed by atoms with Crippen molar-refractivity contribution in [2.24, 2.45) is 0 Å². The Morgan fingerprint density at radius 2 is 2.50 bits per heavy atom. The number of rotatable bonds is 0. The molecule has 4 heteroatoms. The molecule has 2 heterocycles. The molecule has 4 nitrogen and oxygen atoms in total. The van der Waals surface area contributed by atoms with Crippen LogP contribution in [0.5, 0.6) is 0 Å². The number of allylic oxidation sites excluding steroid dienone is 1. The molecule has 0 unspecified atom stereocenters. The van der Waals surface area contributed by atoms with Crippen molar-refractivity contribution < 1.29 is 9.37 Å². The summed E-state index contributed by atoms with van der Waals surface area (Å²) in [5, 5.41) is 0. The molecule has 1 aliphatic heterocycles. The monoisotopic (exact) mass is 162 g/mol. The molecule has 0 aromatic carbocycles. The van der Waals surface area contributed by atoms with Crippen molar-refractivity contribution >= 4 is 12.2 Å². The minimum Gasteiger partial charge on any atom is -0.220 e. The van der Waals surface area contributed by atoms with E-state index in [1.165, 1.54) is 10.9 Å². The number of hydrogen-bond donors (Lipinski definition) is 0. The predicted molar refractivity (Wildman–Crippen MR) is 43.1 cm³/mol.